The van der Waals surface area contributed by atoms with Gasteiger partial charge in [-0.2, -0.15) is 0 Å². The van der Waals surface area contributed by atoms with E-state index in [0.717, 1.165) is 44.1 Å². The molecular weight excluding hydrogens is 436 g/mol. The molecule has 6 heteroatoms. The summed E-state index contributed by atoms with van der Waals surface area (Å²) in [7, 11) is 2.01. The number of likely N-dealkylation sites (tertiary alicyclic amines) is 2. The molecule has 0 radical (unpaired) electrons. The van der Waals surface area contributed by atoms with Crippen molar-refractivity contribution in [2.45, 2.75) is 83.1 Å². The van der Waals surface area contributed by atoms with Gasteiger partial charge in [-0.25, -0.2) is 0 Å². The summed E-state index contributed by atoms with van der Waals surface area (Å²) < 4.78 is 0. The maximum Gasteiger partial charge on any atom is 0.237 e. The first kappa shape index (κ1) is 24.0. The molecule has 3 heterocycles. The van der Waals surface area contributed by atoms with Gasteiger partial charge in [0.1, 0.15) is 0 Å². The molecule has 5 atom stereocenters. The fourth-order valence-corrected chi connectivity index (χ4v) is 7.33. The number of aromatic nitrogens is 1. The Morgan fingerprint density at radius 1 is 1.03 bits per heavy atom. The summed E-state index contributed by atoms with van der Waals surface area (Å²) >= 11 is 0. The van der Waals surface area contributed by atoms with Crippen molar-refractivity contribution in [2.75, 3.05) is 13.6 Å². The summed E-state index contributed by atoms with van der Waals surface area (Å²) in [5.41, 5.74) is 2.29. The van der Waals surface area contributed by atoms with Gasteiger partial charge in [-0.1, -0.05) is 56.2 Å². The molecule has 35 heavy (non-hydrogen) atoms. The van der Waals surface area contributed by atoms with E-state index in [1.54, 1.807) is 13.1 Å². The van der Waals surface area contributed by atoms with Crippen LogP contribution in [0.4, 0.5) is 0 Å². The number of benzene rings is 1. The van der Waals surface area contributed by atoms with Crippen molar-refractivity contribution in [1.29, 1.82) is 0 Å². The van der Waals surface area contributed by atoms with Crippen LogP contribution in [0.15, 0.2) is 54.9 Å². The number of hydrogen-bond acceptors (Lipinski definition) is 4. The first-order valence-electron chi connectivity index (χ1n) is 13.1. The van der Waals surface area contributed by atoms with Crippen molar-refractivity contribution in [2.24, 2.45) is 5.41 Å². The average molecular weight is 475 g/mol. The number of nitrogens with zero attached hydrogens (tertiary/aromatic N) is 4. The standard InChI is InChI=1S/C29H38N4O2/c1-21(34)32-24(16-22-10-5-4-6-11-22)25-17-29(2)26(32)13-7-8-14-27(29)33(25)28(35)20-31(3)19-23-12-9-15-30-18-23/h4-6,9-12,15,18,24-27H,7-8,13-14,16-17,19-20H2,1-3H3/t24-,25+,26-,27+,29-/m1/s1. The highest BCUT2D eigenvalue weighted by atomic mass is 16.2. The molecule has 2 bridgehead atoms. The molecule has 0 N–H and O–H groups in total. The lowest BCUT2D eigenvalue weighted by Gasteiger charge is -2.50. The van der Waals surface area contributed by atoms with Crippen molar-refractivity contribution in [3.05, 3.63) is 66.0 Å². The molecule has 2 amide bonds. The summed E-state index contributed by atoms with van der Waals surface area (Å²) in [6.45, 7) is 5.14. The molecule has 2 saturated heterocycles. The van der Waals surface area contributed by atoms with Crippen LogP contribution in [0.3, 0.4) is 0 Å². The Labute approximate surface area is 209 Å². The molecule has 1 saturated carbocycles. The molecule has 1 aliphatic carbocycles. The summed E-state index contributed by atoms with van der Waals surface area (Å²) in [5.74, 6) is 0.342. The van der Waals surface area contributed by atoms with Crippen molar-refractivity contribution < 1.29 is 9.59 Å². The van der Waals surface area contributed by atoms with E-state index < -0.39 is 0 Å². The largest absolute Gasteiger partial charge is 0.334 e. The van der Waals surface area contributed by atoms with E-state index >= 15 is 0 Å². The molecule has 5 rings (SSSR count). The molecule has 186 valence electrons. The lowest BCUT2D eigenvalue weighted by atomic mass is 9.69. The van der Waals surface area contributed by atoms with E-state index in [9.17, 15) is 9.59 Å². The molecular formula is C29H38N4O2. The van der Waals surface area contributed by atoms with Gasteiger partial charge in [-0.3, -0.25) is 19.5 Å². The zero-order valence-corrected chi connectivity index (χ0v) is 21.3. The monoisotopic (exact) mass is 474 g/mol. The molecule has 0 spiro atoms. The molecule has 3 aliphatic rings. The van der Waals surface area contributed by atoms with Crippen LogP contribution in [0.1, 0.15) is 57.1 Å². The third-order valence-corrected chi connectivity index (χ3v) is 8.73. The van der Waals surface area contributed by atoms with Gasteiger partial charge in [-0.05, 0) is 49.9 Å². The van der Waals surface area contributed by atoms with Crippen LogP contribution < -0.4 is 0 Å². The van der Waals surface area contributed by atoms with Crippen LogP contribution in [0.5, 0.6) is 0 Å². The molecule has 0 unspecified atom stereocenters. The minimum atomic E-state index is -0.0440. The zero-order chi connectivity index (χ0) is 24.6. The maximum absolute atomic E-state index is 14.0. The summed E-state index contributed by atoms with van der Waals surface area (Å²) in [6, 6.07) is 14.9. The van der Waals surface area contributed by atoms with Gasteiger partial charge in [-0.15, -0.1) is 0 Å². The number of carbonyl (C=O) groups excluding carboxylic acids is 2. The van der Waals surface area contributed by atoms with Gasteiger partial charge in [0.2, 0.25) is 11.8 Å². The highest BCUT2D eigenvalue weighted by Gasteiger charge is 2.63. The number of carbonyl (C=O) groups is 2. The van der Waals surface area contributed by atoms with Crippen LogP contribution in [0, 0.1) is 5.41 Å². The fourth-order valence-electron chi connectivity index (χ4n) is 7.33. The third-order valence-electron chi connectivity index (χ3n) is 8.73. The van der Waals surface area contributed by atoms with Gasteiger partial charge in [0.25, 0.3) is 0 Å². The predicted molar refractivity (Wildman–Crippen MR) is 136 cm³/mol. The minimum absolute atomic E-state index is 0.0173. The number of fused-ring (bicyclic) bond motifs is 1. The first-order valence-corrected chi connectivity index (χ1v) is 13.1. The Kier molecular flexibility index (Phi) is 6.67. The Balaban J connectivity index is 1.46. The van der Waals surface area contributed by atoms with Crippen LogP contribution in [-0.2, 0) is 22.6 Å². The fraction of sp³-hybridized carbons (Fsp3) is 0.552. The third kappa shape index (κ3) is 4.49. The molecule has 2 aromatic rings. The lowest BCUT2D eigenvalue weighted by molar-refractivity contribution is -0.143. The van der Waals surface area contributed by atoms with Crippen LogP contribution in [-0.4, -0.2) is 69.3 Å². The highest BCUT2D eigenvalue weighted by Crippen LogP contribution is 2.55. The number of pyridine rings is 1. The second-order valence-corrected chi connectivity index (χ2v) is 11.1. The number of hydrogen-bond donors (Lipinski definition) is 0. The molecule has 6 nitrogen and oxygen atoms in total. The molecule has 3 fully saturated rings. The SMILES string of the molecule is CC(=O)N1[C@H](Cc2ccccc2)[C@@H]2C[C@@]3(C)[C@H](CCCC[C@@H]13)N2C(=O)CN(C)Cc1cccnc1. The van der Waals surface area contributed by atoms with Crippen LogP contribution >= 0.6 is 0 Å². The Hall–Kier alpha value is -2.73. The summed E-state index contributed by atoms with van der Waals surface area (Å²) in [5, 5.41) is 0. The Morgan fingerprint density at radius 3 is 2.37 bits per heavy atom. The zero-order valence-electron chi connectivity index (χ0n) is 21.3. The molecule has 2 aliphatic heterocycles. The van der Waals surface area contributed by atoms with E-state index in [2.05, 4.69) is 50.9 Å². The van der Waals surface area contributed by atoms with Crippen LogP contribution in [0.25, 0.3) is 0 Å². The van der Waals surface area contributed by atoms with Crippen molar-refractivity contribution in [1.82, 2.24) is 19.7 Å². The topological polar surface area (TPSA) is 56.8 Å². The number of piperidine rings is 1. The quantitative estimate of drug-likeness (QED) is 0.637. The van der Waals surface area contributed by atoms with E-state index in [4.69, 9.17) is 0 Å². The van der Waals surface area contributed by atoms with Crippen molar-refractivity contribution >= 4 is 11.8 Å². The van der Waals surface area contributed by atoms with E-state index in [-0.39, 0.29) is 41.4 Å². The van der Waals surface area contributed by atoms with Gasteiger partial charge in [0.15, 0.2) is 0 Å². The molecule has 1 aromatic carbocycles. The van der Waals surface area contributed by atoms with E-state index in [1.165, 1.54) is 5.56 Å². The van der Waals surface area contributed by atoms with E-state index in [1.807, 2.05) is 31.4 Å². The van der Waals surface area contributed by atoms with Gasteiger partial charge in [0, 0.05) is 43.4 Å². The summed E-state index contributed by atoms with van der Waals surface area (Å²) in [6.07, 6.45) is 9.72. The maximum atomic E-state index is 14.0. The number of likely N-dealkylation sites (N-methyl/N-ethyl adjacent to an activating group) is 1. The van der Waals surface area contributed by atoms with Gasteiger partial charge < -0.3 is 9.80 Å². The number of amides is 2. The Bertz CT molecular complexity index is 1050. The first-order chi connectivity index (χ1) is 16.9. The summed E-state index contributed by atoms with van der Waals surface area (Å²) in [4.78, 5) is 37.8. The minimum Gasteiger partial charge on any atom is -0.334 e. The average Bonchev–Trinajstić information content (AvgIpc) is 2.99. The molecule has 1 aromatic heterocycles. The normalized spacial score (nSPS) is 29.8. The lowest BCUT2D eigenvalue weighted by Crippen LogP contribution is -2.61. The van der Waals surface area contributed by atoms with Crippen molar-refractivity contribution in [3.8, 4) is 0 Å². The number of rotatable bonds is 6. The smallest absolute Gasteiger partial charge is 0.237 e. The second kappa shape index (κ2) is 9.73. The van der Waals surface area contributed by atoms with Crippen molar-refractivity contribution in [3.63, 3.8) is 0 Å². The van der Waals surface area contributed by atoms with Gasteiger partial charge >= 0.3 is 0 Å². The predicted octanol–water partition coefficient (Wildman–Crippen LogP) is 3.91. The highest BCUT2D eigenvalue weighted by molar-refractivity contribution is 5.81. The van der Waals surface area contributed by atoms with Gasteiger partial charge in [0.05, 0.1) is 18.6 Å². The second-order valence-electron chi connectivity index (χ2n) is 11.1. The Morgan fingerprint density at radius 2 is 1.71 bits per heavy atom. The van der Waals surface area contributed by atoms with Crippen LogP contribution in [0.2, 0.25) is 0 Å². The van der Waals surface area contributed by atoms with E-state index in [0.29, 0.717) is 13.1 Å².